The van der Waals surface area contributed by atoms with Crippen LogP contribution in [0.3, 0.4) is 0 Å². The molecule has 2 aromatic rings. The average Bonchev–Trinajstić information content (AvgIpc) is 2.71. The molecule has 0 aliphatic heterocycles. The van der Waals surface area contributed by atoms with E-state index in [1.807, 2.05) is 10.8 Å². The van der Waals surface area contributed by atoms with E-state index in [-0.39, 0.29) is 0 Å². The molecule has 0 saturated heterocycles. The molecule has 2 rings (SSSR count). The summed E-state index contributed by atoms with van der Waals surface area (Å²) in [5, 5.41) is 3.23. The Kier molecular flexibility index (Phi) is 3.29. The second-order valence-corrected chi connectivity index (χ2v) is 4.44. The first kappa shape index (κ1) is 11.2. The summed E-state index contributed by atoms with van der Waals surface area (Å²) in [7, 11) is 0. The molecule has 0 fully saturated rings. The molecule has 1 aromatic carbocycles. The van der Waals surface area contributed by atoms with Crippen molar-refractivity contribution in [3.63, 3.8) is 0 Å². The van der Waals surface area contributed by atoms with Gasteiger partial charge < -0.3 is 5.32 Å². The summed E-state index contributed by atoms with van der Waals surface area (Å²) in [5.41, 5.74) is 2.34. The van der Waals surface area contributed by atoms with E-state index in [0.29, 0.717) is 0 Å². The van der Waals surface area contributed by atoms with Crippen LogP contribution in [0.2, 0.25) is 0 Å². The molecule has 1 heterocycles. The van der Waals surface area contributed by atoms with Crippen molar-refractivity contribution in [3.8, 4) is 5.69 Å². The summed E-state index contributed by atoms with van der Waals surface area (Å²) in [6.45, 7) is 5.01. The topological polar surface area (TPSA) is 29.9 Å². The van der Waals surface area contributed by atoms with Crippen LogP contribution in [0.15, 0.2) is 35.1 Å². The van der Waals surface area contributed by atoms with Crippen molar-refractivity contribution in [3.05, 3.63) is 40.6 Å². The molecule has 3 nitrogen and oxygen atoms in total. The predicted molar refractivity (Wildman–Crippen MR) is 70.2 cm³/mol. The molecule has 0 aliphatic carbocycles. The first-order valence-corrected chi connectivity index (χ1v) is 6.05. The third-order valence-electron chi connectivity index (χ3n) is 2.40. The highest BCUT2D eigenvalue weighted by Crippen LogP contribution is 2.21. The van der Waals surface area contributed by atoms with Gasteiger partial charge in [0, 0.05) is 29.1 Å². The number of benzene rings is 1. The van der Waals surface area contributed by atoms with Gasteiger partial charge in [-0.05, 0) is 37.6 Å². The van der Waals surface area contributed by atoms with E-state index in [2.05, 4.69) is 58.3 Å². The van der Waals surface area contributed by atoms with E-state index >= 15 is 0 Å². The van der Waals surface area contributed by atoms with Crippen LogP contribution in [0.5, 0.6) is 0 Å². The summed E-state index contributed by atoms with van der Waals surface area (Å²) in [4.78, 5) is 4.27. The normalized spacial score (nSPS) is 10.4. The van der Waals surface area contributed by atoms with Gasteiger partial charge in [0.05, 0.1) is 0 Å². The SMILES string of the molecule is CCNc1nccn1-c1ccc(Br)c(C)c1. The standard InChI is InChI=1S/C12H14BrN3/c1-3-14-12-15-6-7-16(12)10-4-5-11(13)9(2)8-10/h4-8H,3H2,1-2H3,(H,14,15). The van der Waals surface area contributed by atoms with Crippen LogP contribution >= 0.6 is 15.9 Å². The van der Waals surface area contributed by atoms with Crippen LogP contribution in [-0.4, -0.2) is 16.1 Å². The average molecular weight is 280 g/mol. The summed E-state index contributed by atoms with van der Waals surface area (Å²) in [6.07, 6.45) is 3.76. The Hall–Kier alpha value is -1.29. The van der Waals surface area contributed by atoms with Gasteiger partial charge in [-0.2, -0.15) is 0 Å². The molecule has 0 aliphatic rings. The number of aryl methyl sites for hydroxylation is 1. The smallest absolute Gasteiger partial charge is 0.207 e. The Morgan fingerprint density at radius 2 is 2.25 bits per heavy atom. The molecular formula is C12H14BrN3. The van der Waals surface area contributed by atoms with Crippen LogP contribution in [0.4, 0.5) is 5.95 Å². The third kappa shape index (κ3) is 2.11. The second kappa shape index (κ2) is 4.70. The van der Waals surface area contributed by atoms with Gasteiger partial charge in [-0.15, -0.1) is 0 Å². The zero-order valence-electron chi connectivity index (χ0n) is 9.37. The van der Waals surface area contributed by atoms with Crippen molar-refractivity contribution in [2.75, 3.05) is 11.9 Å². The maximum Gasteiger partial charge on any atom is 0.207 e. The minimum Gasteiger partial charge on any atom is -0.356 e. The monoisotopic (exact) mass is 279 g/mol. The van der Waals surface area contributed by atoms with Gasteiger partial charge in [0.2, 0.25) is 5.95 Å². The first-order chi connectivity index (χ1) is 7.72. The fourth-order valence-electron chi connectivity index (χ4n) is 1.58. The molecule has 1 aromatic heterocycles. The third-order valence-corrected chi connectivity index (χ3v) is 3.29. The highest BCUT2D eigenvalue weighted by Gasteiger charge is 2.04. The van der Waals surface area contributed by atoms with E-state index in [1.54, 1.807) is 6.20 Å². The van der Waals surface area contributed by atoms with Crippen molar-refractivity contribution in [2.45, 2.75) is 13.8 Å². The van der Waals surface area contributed by atoms with Crippen molar-refractivity contribution in [1.29, 1.82) is 0 Å². The number of hydrogen-bond donors (Lipinski definition) is 1. The molecule has 84 valence electrons. The van der Waals surface area contributed by atoms with E-state index in [4.69, 9.17) is 0 Å². The van der Waals surface area contributed by atoms with Gasteiger partial charge in [-0.1, -0.05) is 15.9 Å². The largest absolute Gasteiger partial charge is 0.356 e. The molecule has 0 spiro atoms. The summed E-state index contributed by atoms with van der Waals surface area (Å²) in [5.74, 6) is 0.879. The van der Waals surface area contributed by atoms with E-state index in [0.717, 1.165) is 22.7 Å². The van der Waals surface area contributed by atoms with Crippen LogP contribution < -0.4 is 5.32 Å². The fraction of sp³-hybridized carbons (Fsp3) is 0.250. The maximum absolute atomic E-state index is 4.27. The van der Waals surface area contributed by atoms with Crippen LogP contribution in [0.1, 0.15) is 12.5 Å². The van der Waals surface area contributed by atoms with Gasteiger partial charge >= 0.3 is 0 Å². The molecule has 1 N–H and O–H groups in total. The molecule has 0 saturated carbocycles. The van der Waals surface area contributed by atoms with Gasteiger partial charge in [0.1, 0.15) is 0 Å². The van der Waals surface area contributed by atoms with E-state index in [9.17, 15) is 0 Å². The summed E-state index contributed by atoms with van der Waals surface area (Å²) < 4.78 is 3.17. The Labute approximate surface area is 104 Å². The van der Waals surface area contributed by atoms with Crippen LogP contribution in [0, 0.1) is 6.92 Å². The van der Waals surface area contributed by atoms with Crippen LogP contribution in [-0.2, 0) is 0 Å². The summed E-state index contributed by atoms with van der Waals surface area (Å²) >= 11 is 3.50. The minimum atomic E-state index is 0.868. The number of aromatic nitrogens is 2. The second-order valence-electron chi connectivity index (χ2n) is 3.58. The molecule has 0 radical (unpaired) electrons. The lowest BCUT2D eigenvalue weighted by Crippen LogP contribution is -2.05. The number of halogens is 1. The number of nitrogens with one attached hydrogen (secondary N) is 1. The van der Waals surface area contributed by atoms with Crippen molar-refractivity contribution >= 4 is 21.9 Å². The molecule has 4 heteroatoms. The van der Waals surface area contributed by atoms with Gasteiger partial charge in [-0.25, -0.2) is 4.98 Å². The summed E-state index contributed by atoms with van der Waals surface area (Å²) in [6, 6.07) is 6.26. The molecule has 16 heavy (non-hydrogen) atoms. The Bertz CT molecular complexity index is 491. The Morgan fingerprint density at radius 1 is 1.44 bits per heavy atom. The van der Waals surface area contributed by atoms with E-state index in [1.165, 1.54) is 5.56 Å². The van der Waals surface area contributed by atoms with E-state index < -0.39 is 0 Å². The molecule has 0 bridgehead atoms. The molecular weight excluding hydrogens is 266 g/mol. The predicted octanol–water partition coefficient (Wildman–Crippen LogP) is 3.38. The van der Waals surface area contributed by atoms with Crippen molar-refractivity contribution in [2.24, 2.45) is 0 Å². The molecule has 0 atom stereocenters. The van der Waals surface area contributed by atoms with Gasteiger partial charge in [0.25, 0.3) is 0 Å². The number of hydrogen-bond acceptors (Lipinski definition) is 2. The number of nitrogens with zero attached hydrogens (tertiary/aromatic N) is 2. The lowest BCUT2D eigenvalue weighted by atomic mass is 10.2. The lowest BCUT2D eigenvalue weighted by Gasteiger charge is -2.09. The maximum atomic E-state index is 4.27. The highest BCUT2D eigenvalue weighted by molar-refractivity contribution is 9.10. The van der Waals surface area contributed by atoms with Gasteiger partial charge in [-0.3, -0.25) is 4.57 Å². The number of rotatable bonds is 3. The Morgan fingerprint density at radius 3 is 2.94 bits per heavy atom. The minimum absolute atomic E-state index is 0.868. The first-order valence-electron chi connectivity index (χ1n) is 5.26. The van der Waals surface area contributed by atoms with Crippen LogP contribution in [0.25, 0.3) is 5.69 Å². The zero-order chi connectivity index (χ0) is 11.5. The Balaban J connectivity index is 2.42. The lowest BCUT2D eigenvalue weighted by molar-refractivity contribution is 1.02. The number of anilines is 1. The molecule has 0 amide bonds. The zero-order valence-corrected chi connectivity index (χ0v) is 11.0. The highest BCUT2D eigenvalue weighted by atomic mass is 79.9. The number of imidazole rings is 1. The van der Waals surface area contributed by atoms with Crippen molar-refractivity contribution in [1.82, 2.24) is 9.55 Å². The molecule has 0 unspecified atom stereocenters. The quantitative estimate of drug-likeness (QED) is 0.934. The fourth-order valence-corrected chi connectivity index (χ4v) is 1.83. The van der Waals surface area contributed by atoms with Gasteiger partial charge in [0.15, 0.2) is 0 Å². The van der Waals surface area contributed by atoms with Crippen molar-refractivity contribution < 1.29 is 0 Å².